The molecule has 0 saturated carbocycles. The number of carboxylic acids is 1. The molecule has 0 amide bonds. The highest BCUT2D eigenvalue weighted by Crippen LogP contribution is 2.28. The van der Waals surface area contributed by atoms with Gasteiger partial charge in [-0.1, -0.05) is 17.7 Å². The fraction of sp³-hybridized carbons (Fsp3) is 0.188. The smallest absolute Gasteiger partial charge is 0.337 e. The molecule has 0 aliphatic heterocycles. The van der Waals surface area contributed by atoms with Crippen LogP contribution in [0.25, 0.3) is 0 Å². The van der Waals surface area contributed by atoms with Crippen LogP contribution in [0.15, 0.2) is 41.3 Å². The van der Waals surface area contributed by atoms with Crippen molar-refractivity contribution in [3.63, 3.8) is 0 Å². The van der Waals surface area contributed by atoms with Gasteiger partial charge in [0.15, 0.2) is 0 Å². The second kappa shape index (κ2) is 6.29. The van der Waals surface area contributed by atoms with E-state index in [-0.39, 0.29) is 16.1 Å². The van der Waals surface area contributed by atoms with Gasteiger partial charge in [-0.2, -0.15) is 0 Å². The second-order valence-corrected chi connectivity index (χ2v) is 6.77. The molecule has 0 atom stereocenters. The van der Waals surface area contributed by atoms with E-state index in [1.807, 2.05) is 6.92 Å². The van der Waals surface area contributed by atoms with E-state index < -0.39 is 16.0 Å². The number of carbonyl (C=O) groups is 1. The summed E-state index contributed by atoms with van der Waals surface area (Å²) in [5.74, 6) is -0.870. The number of benzene rings is 2. The molecule has 122 valence electrons. The van der Waals surface area contributed by atoms with Crippen molar-refractivity contribution in [2.24, 2.45) is 0 Å². The number of carboxylic acid groups (broad SMARTS) is 1. The molecule has 0 saturated heterocycles. The van der Waals surface area contributed by atoms with E-state index >= 15 is 0 Å². The summed E-state index contributed by atoms with van der Waals surface area (Å²) in [5, 5.41) is 9.29. The summed E-state index contributed by atoms with van der Waals surface area (Å²) in [7, 11) is -2.46. The Labute approximate surface area is 134 Å². The van der Waals surface area contributed by atoms with Gasteiger partial charge in [0.1, 0.15) is 5.75 Å². The number of nitrogens with one attached hydrogen (secondary N) is 1. The van der Waals surface area contributed by atoms with Gasteiger partial charge in [0.2, 0.25) is 0 Å². The van der Waals surface area contributed by atoms with Crippen LogP contribution in [-0.2, 0) is 10.0 Å². The molecule has 0 bridgehead atoms. The molecule has 0 fully saturated rings. The third-order valence-corrected chi connectivity index (χ3v) is 4.72. The first kappa shape index (κ1) is 16.8. The fourth-order valence-electron chi connectivity index (χ4n) is 2.09. The van der Waals surface area contributed by atoms with Gasteiger partial charge < -0.3 is 9.84 Å². The number of hydrogen-bond acceptors (Lipinski definition) is 4. The predicted molar refractivity (Wildman–Crippen MR) is 86.7 cm³/mol. The average Bonchev–Trinajstić information content (AvgIpc) is 2.47. The molecule has 2 aromatic rings. The Morgan fingerprint density at radius 1 is 1.13 bits per heavy atom. The first-order chi connectivity index (χ1) is 10.7. The standard InChI is InChI=1S/C16H17NO5S/c1-10-4-6-12(7-5-10)23(20,21)17-14-8-11(2)15(22-3)9-13(14)16(18)19/h4-9,17H,1-3H3,(H,18,19). The number of methoxy groups -OCH3 is 1. The van der Waals surface area contributed by atoms with Crippen LogP contribution < -0.4 is 9.46 Å². The van der Waals surface area contributed by atoms with E-state index in [1.54, 1.807) is 19.1 Å². The Kier molecular flexibility index (Phi) is 4.60. The second-order valence-electron chi connectivity index (χ2n) is 5.09. The van der Waals surface area contributed by atoms with Gasteiger partial charge in [-0.25, -0.2) is 13.2 Å². The quantitative estimate of drug-likeness (QED) is 0.876. The van der Waals surface area contributed by atoms with Crippen LogP contribution in [0, 0.1) is 13.8 Å². The highest BCUT2D eigenvalue weighted by molar-refractivity contribution is 7.92. The molecule has 23 heavy (non-hydrogen) atoms. The molecule has 0 heterocycles. The van der Waals surface area contributed by atoms with Gasteiger partial charge in [0.05, 0.1) is 23.3 Å². The van der Waals surface area contributed by atoms with Crippen molar-refractivity contribution >= 4 is 21.7 Å². The maximum atomic E-state index is 12.4. The predicted octanol–water partition coefficient (Wildman–Crippen LogP) is 2.81. The molecule has 0 unspecified atom stereocenters. The van der Waals surface area contributed by atoms with Crippen LogP contribution in [0.2, 0.25) is 0 Å². The first-order valence-electron chi connectivity index (χ1n) is 6.76. The lowest BCUT2D eigenvalue weighted by Crippen LogP contribution is -2.16. The van der Waals surface area contributed by atoms with E-state index in [2.05, 4.69) is 4.72 Å². The van der Waals surface area contributed by atoms with Crippen LogP contribution in [0.4, 0.5) is 5.69 Å². The molecule has 0 aliphatic rings. The zero-order valence-electron chi connectivity index (χ0n) is 13.0. The van der Waals surface area contributed by atoms with Gasteiger partial charge in [-0.3, -0.25) is 4.72 Å². The molecule has 0 aliphatic carbocycles. The number of anilines is 1. The van der Waals surface area contributed by atoms with Crippen molar-refractivity contribution in [3.8, 4) is 5.75 Å². The fourth-order valence-corrected chi connectivity index (χ4v) is 3.16. The number of rotatable bonds is 5. The van der Waals surface area contributed by atoms with Crippen LogP contribution in [0.5, 0.6) is 5.75 Å². The van der Waals surface area contributed by atoms with Gasteiger partial charge >= 0.3 is 5.97 Å². The van der Waals surface area contributed by atoms with Gasteiger partial charge in [-0.15, -0.1) is 0 Å². The Hall–Kier alpha value is -2.54. The lowest BCUT2D eigenvalue weighted by atomic mass is 10.1. The molecule has 2 rings (SSSR count). The number of aryl methyl sites for hydroxylation is 2. The average molecular weight is 335 g/mol. The minimum Gasteiger partial charge on any atom is -0.496 e. The summed E-state index contributed by atoms with van der Waals surface area (Å²) in [5.41, 5.74) is 1.37. The highest BCUT2D eigenvalue weighted by Gasteiger charge is 2.20. The maximum absolute atomic E-state index is 12.4. The third kappa shape index (κ3) is 3.62. The zero-order valence-corrected chi connectivity index (χ0v) is 13.8. The monoisotopic (exact) mass is 335 g/mol. The summed E-state index contributed by atoms with van der Waals surface area (Å²) in [6.07, 6.45) is 0. The molecule has 0 spiro atoms. The van der Waals surface area contributed by atoms with Crippen LogP contribution in [0.1, 0.15) is 21.5 Å². The third-order valence-electron chi connectivity index (χ3n) is 3.34. The molecular formula is C16H17NO5S. The molecule has 0 radical (unpaired) electrons. The summed E-state index contributed by atoms with van der Waals surface area (Å²) >= 11 is 0. The normalized spacial score (nSPS) is 11.1. The molecule has 0 aromatic heterocycles. The number of sulfonamides is 1. The Morgan fingerprint density at radius 2 is 1.74 bits per heavy atom. The molecule has 7 heteroatoms. The van der Waals surface area contributed by atoms with Crippen molar-refractivity contribution in [2.75, 3.05) is 11.8 Å². The lowest BCUT2D eigenvalue weighted by molar-refractivity contribution is 0.0697. The highest BCUT2D eigenvalue weighted by atomic mass is 32.2. The Morgan fingerprint density at radius 3 is 2.26 bits per heavy atom. The van der Waals surface area contributed by atoms with Gasteiger partial charge in [0, 0.05) is 0 Å². The number of aromatic carboxylic acids is 1. The van der Waals surface area contributed by atoms with Gasteiger partial charge in [0.25, 0.3) is 10.0 Å². The topological polar surface area (TPSA) is 92.7 Å². The maximum Gasteiger partial charge on any atom is 0.337 e. The number of ether oxygens (including phenoxy) is 1. The minimum atomic E-state index is -3.88. The Bertz CT molecular complexity index is 842. The van der Waals surface area contributed by atoms with E-state index in [9.17, 15) is 18.3 Å². The first-order valence-corrected chi connectivity index (χ1v) is 8.24. The molecule has 2 aromatic carbocycles. The van der Waals surface area contributed by atoms with E-state index in [4.69, 9.17) is 4.74 Å². The van der Waals surface area contributed by atoms with Crippen molar-refractivity contribution in [2.45, 2.75) is 18.7 Å². The van der Waals surface area contributed by atoms with Crippen molar-refractivity contribution in [1.82, 2.24) is 0 Å². The van der Waals surface area contributed by atoms with Crippen LogP contribution >= 0.6 is 0 Å². The van der Waals surface area contributed by atoms with E-state index in [0.717, 1.165) is 5.56 Å². The summed E-state index contributed by atoms with van der Waals surface area (Å²) < 4.78 is 32.2. The Balaban J connectivity index is 2.48. The van der Waals surface area contributed by atoms with E-state index in [0.29, 0.717) is 11.3 Å². The minimum absolute atomic E-state index is 0.00336. The SMILES string of the molecule is COc1cc(C(=O)O)c(NS(=O)(=O)c2ccc(C)cc2)cc1C. The zero-order chi connectivity index (χ0) is 17.2. The van der Waals surface area contributed by atoms with E-state index in [1.165, 1.54) is 31.4 Å². The van der Waals surface area contributed by atoms with Crippen molar-refractivity contribution in [3.05, 3.63) is 53.1 Å². The summed E-state index contributed by atoms with van der Waals surface area (Å²) in [4.78, 5) is 11.4. The van der Waals surface area contributed by atoms with Crippen LogP contribution in [-0.4, -0.2) is 26.6 Å². The van der Waals surface area contributed by atoms with Gasteiger partial charge in [-0.05, 0) is 43.7 Å². The molecule has 2 N–H and O–H groups in total. The molecular weight excluding hydrogens is 318 g/mol. The van der Waals surface area contributed by atoms with Crippen molar-refractivity contribution < 1.29 is 23.1 Å². The van der Waals surface area contributed by atoms with Crippen molar-refractivity contribution in [1.29, 1.82) is 0 Å². The lowest BCUT2D eigenvalue weighted by Gasteiger charge is -2.14. The number of hydrogen-bond donors (Lipinski definition) is 2. The summed E-state index contributed by atoms with van der Waals surface area (Å²) in [6.45, 7) is 3.55. The molecule has 6 nitrogen and oxygen atoms in total. The largest absolute Gasteiger partial charge is 0.496 e. The van der Waals surface area contributed by atoms with Crippen LogP contribution in [0.3, 0.4) is 0 Å². The summed E-state index contributed by atoms with van der Waals surface area (Å²) in [6, 6.07) is 9.01.